The number of rotatable bonds is 1. The monoisotopic (exact) mass is 272 g/mol. The van der Waals surface area contributed by atoms with E-state index in [1.165, 1.54) is 30.4 Å². The van der Waals surface area contributed by atoms with Crippen molar-refractivity contribution in [2.45, 2.75) is 0 Å². The van der Waals surface area contributed by atoms with Crippen molar-refractivity contribution in [3.05, 3.63) is 52.8 Å². The number of aromatic hydroxyl groups is 1. The van der Waals surface area contributed by atoms with E-state index >= 15 is 0 Å². The van der Waals surface area contributed by atoms with E-state index < -0.39 is 17.6 Å². The number of phenols is 1. The van der Waals surface area contributed by atoms with E-state index in [0.29, 0.717) is 5.57 Å². The quantitative estimate of drug-likeness (QED) is 0.718. The standard InChI is InChI=1S/C15H12O5/c16-6-7-4-9-13(11(18)5-7)15(20)12-8(14(9)19)2-1-3-10(12)17/h1-5,9,13,16-18H,6H2/t9-,13-/m0/s1. The summed E-state index contributed by atoms with van der Waals surface area (Å²) in [5.74, 6) is -3.18. The van der Waals surface area contributed by atoms with E-state index in [0.717, 1.165) is 0 Å². The Labute approximate surface area is 114 Å². The zero-order valence-electron chi connectivity index (χ0n) is 10.4. The minimum absolute atomic E-state index is 0.0421. The highest BCUT2D eigenvalue weighted by atomic mass is 16.3. The van der Waals surface area contributed by atoms with Crippen molar-refractivity contribution in [1.82, 2.24) is 0 Å². The van der Waals surface area contributed by atoms with E-state index in [2.05, 4.69) is 0 Å². The number of ketones is 2. The molecule has 1 aromatic carbocycles. The molecule has 0 spiro atoms. The van der Waals surface area contributed by atoms with Gasteiger partial charge in [-0.1, -0.05) is 18.2 Å². The Morgan fingerprint density at radius 3 is 2.55 bits per heavy atom. The van der Waals surface area contributed by atoms with Crippen LogP contribution in [0.4, 0.5) is 0 Å². The van der Waals surface area contributed by atoms with Gasteiger partial charge in [-0.15, -0.1) is 0 Å². The summed E-state index contributed by atoms with van der Waals surface area (Å²) in [4.78, 5) is 24.8. The summed E-state index contributed by atoms with van der Waals surface area (Å²) in [5.41, 5.74) is 0.507. The van der Waals surface area contributed by atoms with Gasteiger partial charge >= 0.3 is 0 Å². The van der Waals surface area contributed by atoms with E-state index in [-0.39, 0.29) is 35.0 Å². The SMILES string of the molecule is O=C1c2c(O)cccc2C(=O)[C@H]2C=C(CO)C=C(O)[C@@H]12. The Morgan fingerprint density at radius 1 is 1.10 bits per heavy atom. The summed E-state index contributed by atoms with van der Waals surface area (Å²) >= 11 is 0. The molecule has 2 aliphatic rings. The van der Waals surface area contributed by atoms with Crippen molar-refractivity contribution in [3.8, 4) is 5.75 Å². The third-order valence-corrected chi connectivity index (χ3v) is 3.73. The first-order chi connectivity index (χ1) is 9.54. The lowest BCUT2D eigenvalue weighted by molar-refractivity contribution is 0.0753. The van der Waals surface area contributed by atoms with Crippen LogP contribution in [0, 0.1) is 11.8 Å². The van der Waals surface area contributed by atoms with Crippen LogP contribution in [-0.4, -0.2) is 33.5 Å². The van der Waals surface area contributed by atoms with Gasteiger partial charge in [0.05, 0.1) is 24.0 Å². The summed E-state index contributed by atoms with van der Waals surface area (Å²) in [7, 11) is 0. The van der Waals surface area contributed by atoms with Gasteiger partial charge < -0.3 is 15.3 Å². The number of carbonyl (C=O) groups excluding carboxylic acids is 2. The normalized spacial score (nSPS) is 24.6. The Morgan fingerprint density at radius 2 is 1.85 bits per heavy atom. The molecule has 0 saturated carbocycles. The largest absolute Gasteiger partial charge is 0.511 e. The molecule has 0 fully saturated rings. The number of aliphatic hydroxyl groups excluding tert-OH is 2. The molecule has 1 aromatic rings. The smallest absolute Gasteiger partial charge is 0.178 e. The Kier molecular flexibility index (Phi) is 2.72. The second kappa shape index (κ2) is 4.31. The van der Waals surface area contributed by atoms with Crippen LogP contribution in [0.1, 0.15) is 20.7 Å². The van der Waals surface area contributed by atoms with Crippen molar-refractivity contribution in [2.24, 2.45) is 11.8 Å². The van der Waals surface area contributed by atoms with E-state index in [1.807, 2.05) is 0 Å². The lowest BCUT2D eigenvalue weighted by Crippen LogP contribution is -2.38. The van der Waals surface area contributed by atoms with Crippen LogP contribution in [0.2, 0.25) is 0 Å². The van der Waals surface area contributed by atoms with Gasteiger partial charge in [-0.3, -0.25) is 9.59 Å². The van der Waals surface area contributed by atoms with Crippen molar-refractivity contribution >= 4 is 11.6 Å². The molecule has 0 aliphatic heterocycles. The lowest BCUT2D eigenvalue weighted by Gasteiger charge is -2.31. The molecular weight excluding hydrogens is 260 g/mol. The molecule has 20 heavy (non-hydrogen) atoms. The maximum Gasteiger partial charge on any atom is 0.178 e. The molecule has 5 heteroatoms. The molecule has 0 unspecified atom stereocenters. The summed E-state index contributed by atoms with van der Waals surface area (Å²) in [6.45, 7) is -0.318. The molecule has 0 bridgehead atoms. The average Bonchev–Trinajstić information content (AvgIpc) is 2.43. The van der Waals surface area contributed by atoms with Gasteiger partial charge in [0.25, 0.3) is 0 Å². The first-order valence-corrected chi connectivity index (χ1v) is 6.17. The van der Waals surface area contributed by atoms with E-state index in [1.54, 1.807) is 0 Å². The van der Waals surface area contributed by atoms with Crippen LogP contribution in [0.15, 0.2) is 41.7 Å². The summed E-state index contributed by atoms with van der Waals surface area (Å²) in [6, 6.07) is 4.31. The highest BCUT2D eigenvalue weighted by Gasteiger charge is 2.45. The van der Waals surface area contributed by atoms with Crippen LogP contribution in [0.5, 0.6) is 5.75 Å². The molecule has 0 amide bonds. The predicted molar refractivity (Wildman–Crippen MR) is 69.6 cm³/mol. The van der Waals surface area contributed by atoms with Crippen molar-refractivity contribution in [2.75, 3.05) is 6.61 Å². The number of phenolic OH excluding ortho intramolecular Hbond substituents is 1. The van der Waals surface area contributed by atoms with Gasteiger partial charge in [-0.2, -0.15) is 0 Å². The molecule has 3 rings (SSSR count). The molecule has 0 aromatic heterocycles. The van der Waals surface area contributed by atoms with Gasteiger partial charge in [-0.25, -0.2) is 0 Å². The number of benzene rings is 1. The number of carbonyl (C=O) groups is 2. The summed E-state index contributed by atoms with van der Waals surface area (Å²) in [5, 5.41) is 28.9. The fraction of sp³-hybridized carbons (Fsp3) is 0.200. The van der Waals surface area contributed by atoms with Crippen LogP contribution in [0.3, 0.4) is 0 Å². The Hall–Kier alpha value is -2.40. The molecule has 102 valence electrons. The van der Waals surface area contributed by atoms with E-state index in [4.69, 9.17) is 5.11 Å². The van der Waals surface area contributed by atoms with Gasteiger partial charge in [0.2, 0.25) is 0 Å². The molecule has 0 heterocycles. The van der Waals surface area contributed by atoms with Crippen molar-refractivity contribution in [1.29, 1.82) is 0 Å². The number of aliphatic hydroxyl groups is 2. The average molecular weight is 272 g/mol. The molecule has 3 N–H and O–H groups in total. The minimum Gasteiger partial charge on any atom is -0.511 e. The third-order valence-electron chi connectivity index (χ3n) is 3.73. The summed E-state index contributed by atoms with van der Waals surface area (Å²) in [6.07, 6.45) is 2.79. The minimum atomic E-state index is -1.02. The molecular formula is C15H12O5. The van der Waals surface area contributed by atoms with Crippen LogP contribution in [-0.2, 0) is 0 Å². The van der Waals surface area contributed by atoms with Crippen molar-refractivity contribution in [3.63, 3.8) is 0 Å². The molecule has 2 aliphatic carbocycles. The fourth-order valence-electron chi connectivity index (χ4n) is 2.80. The van der Waals surface area contributed by atoms with Gasteiger partial charge in [0, 0.05) is 5.56 Å². The lowest BCUT2D eigenvalue weighted by atomic mass is 9.70. The number of Topliss-reactive ketones (excluding diaryl/α,β-unsaturated/α-hetero) is 2. The number of hydrogen-bond acceptors (Lipinski definition) is 5. The number of fused-ring (bicyclic) bond motifs is 2. The van der Waals surface area contributed by atoms with Crippen LogP contribution < -0.4 is 0 Å². The maximum absolute atomic E-state index is 12.4. The topological polar surface area (TPSA) is 94.8 Å². The maximum atomic E-state index is 12.4. The third kappa shape index (κ3) is 1.60. The number of allylic oxidation sites excluding steroid dienone is 2. The van der Waals surface area contributed by atoms with Crippen LogP contribution >= 0.6 is 0 Å². The first kappa shape index (κ1) is 12.6. The van der Waals surface area contributed by atoms with Crippen LogP contribution in [0.25, 0.3) is 0 Å². The summed E-state index contributed by atoms with van der Waals surface area (Å²) < 4.78 is 0. The highest BCUT2D eigenvalue weighted by molar-refractivity contribution is 6.18. The van der Waals surface area contributed by atoms with Gasteiger partial charge in [0.15, 0.2) is 11.6 Å². The van der Waals surface area contributed by atoms with Gasteiger partial charge in [-0.05, 0) is 17.7 Å². The molecule has 0 saturated heterocycles. The van der Waals surface area contributed by atoms with Gasteiger partial charge in [0.1, 0.15) is 11.5 Å². The number of hydrogen-bond donors (Lipinski definition) is 3. The zero-order valence-corrected chi connectivity index (χ0v) is 10.4. The highest BCUT2D eigenvalue weighted by Crippen LogP contribution is 2.40. The van der Waals surface area contributed by atoms with E-state index in [9.17, 15) is 19.8 Å². The molecule has 0 radical (unpaired) electrons. The Bertz CT molecular complexity index is 684. The second-order valence-electron chi connectivity index (χ2n) is 4.90. The zero-order chi connectivity index (χ0) is 14.4. The molecule has 2 atom stereocenters. The fourth-order valence-corrected chi connectivity index (χ4v) is 2.80. The first-order valence-electron chi connectivity index (χ1n) is 6.17. The molecule has 5 nitrogen and oxygen atoms in total. The Balaban J connectivity index is 2.21. The predicted octanol–water partition coefficient (Wildman–Crippen LogP) is 1.38. The second-order valence-corrected chi connectivity index (χ2v) is 4.90. The van der Waals surface area contributed by atoms with Crippen molar-refractivity contribution < 1.29 is 24.9 Å².